The van der Waals surface area contributed by atoms with E-state index in [0.29, 0.717) is 25.6 Å². The summed E-state index contributed by atoms with van der Waals surface area (Å²) in [5.74, 6) is -0.00817. The van der Waals surface area contributed by atoms with Crippen molar-refractivity contribution in [3.63, 3.8) is 0 Å². The summed E-state index contributed by atoms with van der Waals surface area (Å²) < 4.78 is 65.4. The van der Waals surface area contributed by atoms with E-state index >= 15 is 0 Å². The van der Waals surface area contributed by atoms with Crippen molar-refractivity contribution in [3.8, 4) is 0 Å². The van der Waals surface area contributed by atoms with E-state index in [0.717, 1.165) is 34.5 Å². The summed E-state index contributed by atoms with van der Waals surface area (Å²) >= 11 is 0. The van der Waals surface area contributed by atoms with Crippen LogP contribution >= 0.6 is 0 Å². The van der Waals surface area contributed by atoms with Crippen LogP contribution in [0.3, 0.4) is 0 Å². The summed E-state index contributed by atoms with van der Waals surface area (Å²) in [7, 11) is -3.28. The molecule has 212 valence electrons. The van der Waals surface area contributed by atoms with Crippen LogP contribution in [0, 0.1) is 11.8 Å². The van der Waals surface area contributed by atoms with Gasteiger partial charge in [0, 0.05) is 19.4 Å². The monoisotopic (exact) mass is 563 g/mol. The van der Waals surface area contributed by atoms with E-state index in [1.807, 2.05) is 23.1 Å². The maximum atomic E-state index is 13.1. The molecule has 0 radical (unpaired) electrons. The van der Waals surface area contributed by atoms with Gasteiger partial charge in [0.1, 0.15) is 11.6 Å². The summed E-state index contributed by atoms with van der Waals surface area (Å²) in [5, 5.41) is 0. The van der Waals surface area contributed by atoms with Crippen LogP contribution in [-0.2, 0) is 40.6 Å². The number of Topliss-reactive ketones (excluding diaryl/α,β-unsaturated/α-hetero) is 1. The molecule has 1 aliphatic rings. The molecule has 2 heterocycles. The van der Waals surface area contributed by atoms with Crippen LogP contribution in [0.15, 0.2) is 47.4 Å². The van der Waals surface area contributed by atoms with Crippen LogP contribution in [0.2, 0.25) is 0 Å². The zero-order valence-corrected chi connectivity index (χ0v) is 23.5. The van der Waals surface area contributed by atoms with Crippen molar-refractivity contribution in [3.05, 3.63) is 59.4 Å². The number of piperidine rings is 1. The lowest BCUT2D eigenvalue weighted by Gasteiger charge is -2.32. The summed E-state index contributed by atoms with van der Waals surface area (Å²) in [4.78, 5) is 20.0. The highest BCUT2D eigenvalue weighted by Gasteiger charge is 2.41. The van der Waals surface area contributed by atoms with Crippen molar-refractivity contribution in [1.82, 2.24) is 14.5 Å². The third-order valence-corrected chi connectivity index (χ3v) is 9.07. The fourth-order valence-corrected chi connectivity index (χ4v) is 6.03. The highest BCUT2D eigenvalue weighted by molar-refractivity contribution is 7.91. The first-order valence-corrected chi connectivity index (χ1v) is 15.1. The summed E-state index contributed by atoms with van der Waals surface area (Å²) in [5.41, 5.74) is 3.32. The van der Waals surface area contributed by atoms with E-state index in [2.05, 4.69) is 18.4 Å². The Morgan fingerprint density at radius 3 is 2.23 bits per heavy atom. The van der Waals surface area contributed by atoms with Crippen LogP contribution in [0.1, 0.15) is 50.6 Å². The van der Waals surface area contributed by atoms with Gasteiger partial charge in [-0.2, -0.15) is 13.2 Å². The number of alkyl halides is 3. The Labute approximate surface area is 228 Å². The van der Waals surface area contributed by atoms with Gasteiger partial charge in [0.2, 0.25) is 0 Å². The second-order valence-electron chi connectivity index (χ2n) is 10.9. The molecule has 0 saturated carbocycles. The molecule has 6 nitrogen and oxygen atoms in total. The van der Waals surface area contributed by atoms with Crippen molar-refractivity contribution in [2.24, 2.45) is 11.8 Å². The Hall–Kier alpha value is -2.72. The standard InChI is InChI=1S/C29H36F3N3O3S/c1-4-39(37,38)25-8-5-21(6-9-25)15-24(36)16-22-7-10-27-26(17-22)33-28(35(27)18-20(2)3)19-34-13-11-23(12-14-34)29(30,31)32/h5-10,17,20,23H,4,11-16,18-19H2,1-3H3. The smallest absolute Gasteiger partial charge is 0.327 e. The molecular weight excluding hydrogens is 527 g/mol. The zero-order valence-electron chi connectivity index (χ0n) is 22.7. The topological polar surface area (TPSA) is 72.3 Å². The number of fused-ring (bicyclic) bond motifs is 1. The molecule has 1 aliphatic heterocycles. The molecule has 0 N–H and O–H groups in total. The number of carbonyl (C=O) groups excluding carboxylic acids is 1. The predicted octanol–water partition coefficient (Wildman–Crippen LogP) is 5.61. The number of hydrogen-bond acceptors (Lipinski definition) is 5. The number of nitrogens with zero attached hydrogens (tertiary/aromatic N) is 3. The number of sulfone groups is 1. The van der Waals surface area contributed by atoms with Crippen molar-refractivity contribution >= 4 is 26.7 Å². The van der Waals surface area contributed by atoms with E-state index < -0.39 is 21.9 Å². The number of benzene rings is 2. The molecule has 0 spiro atoms. The van der Waals surface area contributed by atoms with Gasteiger partial charge in [0.05, 0.1) is 34.1 Å². The number of aromatic nitrogens is 2. The Balaban J connectivity index is 1.46. The number of imidazole rings is 1. The fraction of sp³-hybridized carbons (Fsp3) is 0.517. The number of hydrogen-bond donors (Lipinski definition) is 0. The number of rotatable bonds is 10. The SMILES string of the molecule is CCS(=O)(=O)c1ccc(CC(=O)Cc2ccc3c(c2)nc(CN2CCC(C(F)(F)F)CC2)n3CC(C)C)cc1. The molecular formula is C29H36F3N3O3S. The van der Waals surface area contributed by atoms with E-state index in [1.54, 1.807) is 31.2 Å². The quantitative estimate of drug-likeness (QED) is 0.321. The van der Waals surface area contributed by atoms with Crippen molar-refractivity contribution in [1.29, 1.82) is 0 Å². The molecule has 1 fully saturated rings. The molecule has 0 amide bonds. The molecule has 0 bridgehead atoms. The normalized spacial score (nSPS) is 15.9. The van der Waals surface area contributed by atoms with Crippen LogP contribution in [-0.4, -0.2) is 53.7 Å². The molecule has 0 atom stereocenters. The van der Waals surface area contributed by atoms with Crippen LogP contribution in [0.4, 0.5) is 13.2 Å². The third kappa shape index (κ3) is 7.28. The Kier molecular flexibility index (Phi) is 8.85. The molecule has 2 aromatic carbocycles. The van der Waals surface area contributed by atoms with Gasteiger partial charge in [0.15, 0.2) is 9.84 Å². The van der Waals surface area contributed by atoms with Gasteiger partial charge in [0.25, 0.3) is 0 Å². The molecule has 39 heavy (non-hydrogen) atoms. The van der Waals surface area contributed by atoms with Gasteiger partial charge in [-0.05, 0) is 67.2 Å². The average Bonchev–Trinajstić information content (AvgIpc) is 3.19. The highest BCUT2D eigenvalue weighted by Crippen LogP contribution is 2.34. The number of halogens is 3. The minimum atomic E-state index is -4.14. The maximum Gasteiger partial charge on any atom is 0.391 e. The second-order valence-corrected chi connectivity index (χ2v) is 13.2. The molecule has 0 aliphatic carbocycles. The lowest BCUT2D eigenvalue weighted by Crippen LogP contribution is -2.39. The first-order chi connectivity index (χ1) is 18.4. The number of ketones is 1. The molecule has 1 aromatic heterocycles. The highest BCUT2D eigenvalue weighted by atomic mass is 32.2. The minimum absolute atomic E-state index is 0.00909. The second kappa shape index (κ2) is 11.8. The summed E-state index contributed by atoms with van der Waals surface area (Å²) in [6, 6.07) is 12.3. The summed E-state index contributed by atoms with van der Waals surface area (Å²) in [6.07, 6.45) is -3.49. The van der Waals surface area contributed by atoms with Crippen molar-refractivity contribution in [2.45, 2.75) is 70.6 Å². The lowest BCUT2D eigenvalue weighted by molar-refractivity contribution is -0.185. The van der Waals surface area contributed by atoms with Crippen LogP contribution < -0.4 is 0 Å². The van der Waals surface area contributed by atoms with E-state index in [4.69, 9.17) is 4.98 Å². The molecule has 3 aromatic rings. The molecule has 10 heteroatoms. The van der Waals surface area contributed by atoms with Crippen molar-refractivity contribution in [2.75, 3.05) is 18.8 Å². The molecule has 0 unspecified atom stereocenters. The average molecular weight is 564 g/mol. The predicted molar refractivity (Wildman–Crippen MR) is 145 cm³/mol. The molecule has 1 saturated heterocycles. The Morgan fingerprint density at radius 2 is 1.64 bits per heavy atom. The zero-order chi connectivity index (χ0) is 28.4. The lowest BCUT2D eigenvalue weighted by atomic mass is 9.96. The van der Waals surface area contributed by atoms with Gasteiger partial charge in [-0.1, -0.05) is 39.0 Å². The van der Waals surface area contributed by atoms with Gasteiger partial charge in [-0.3, -0.25) is 9.69 Å². The Morgan fingerprint density at radius 1 is 1.03 bits per heavy atom. The maximum absolute atomic E-state index is 13.1. The first-order valence-electron chi connectivity index (χ1n) is 13.5. The van der Waals surface area contributed by atoms with Gasteiger partial charge in [-0.25, -0.2) is 13.4 Å². The number of likely N-dealkylation sites (tertiary alicyclic amines) is 1. The van der Waals surface area contributed by atoms with Crippen LogP contribution in [0.25, 0.3) is 11.0 Å². The minimum Gasteiger partial charge on any atom is -0.327 e. The van der Waals surface area contributed by atoms with Gasteiger partial charge in [-0.15, -0.1) is 0 Å². The largest absolute Gasteiger partial charge is 0.391 e. The van der Waals surface area contributed by atoms with Crippen molar-refractivity contribution < 1.29 is 26.4 Å². The summed E-state index contributed by atoms with van der Waals surface area (Å²) in [6.45, 7) is 7.83. The van der Waals surface area contributed by atoms with E-state index in [-0.39, 0.29) is 42.1 Å². The fourth-order valence-electron chi connectivity index (χ4n) is 5.14. The van der Waals surface area contributed by atoms with Gasteiger partial charge < -0.3 is 4.57 Å². The van der Waals surface area contributed by atoms with Gasteiger partial charge >= 0.3 is 6.18 Å². The first kappa shape index (κ1) is 29.3. The van der Waals surface area contributed by atoms with Crippen LogP contribution in [0.5, 0.6) is 0 Å². The number of carbonyl (C=O) groups is 1. The third-order valence-electron chi connectivity index (χ3n) is 7.32. The van der Waals surface area contributed by atoms with E-state index in [1.165, 1.54) is 0 Å². The Bertz CT molecular complexity index is 1410. The van der Waals surface area contributed by atoms with E-state index in [9.17, 15) is 26.4 Å². The molecule has 4 rings (SSSR count).